The van der Waals surface area contributed by atoms with Crippen LogP contribution in [0.1, 0.15) is 33.7 Å². The Labute approximate surface area is 159 Å². The molecule has 0 bridgehead atoms. The highest BCUT2D eigenvalue weighted by Crippen LogP contribution is 2.28. The average Bonchev–Trinajstić information content (AvgIpc) is 3.31. The lowest BCUT2D eigenvalue weighted by molar-refractivity contribution is 0.0777. The number of amides is 1. The highest BCUT2D eigenvalue weighted by atomic mass is 16.5. The van der Waals surface area contributed by atoms with E-state index in [-0.39, 0.29) is 5.91 Å². The Balaban J connectivity index is 1.60. The van der Waals surface area contributed by atoms with E-state index in [1.807, 2.05) is 66.3 Å². The molecule has 1 aromatic heterocycles. The number of benzene rings is 2. The third-order valence-corrected chi connectivity index (χ3v) is 5.06. The van der Waals surface area contributed by atoms with Crippen molar-refractivity contribution in [2.75, 3.05) is 14.2 Å². The molecule has 27 heavy (non-hydrogen) atoms. The second-order valence-corrected chi connectivity index (χ2v) is 6.88. The van der Waals surface area contributed by atoms with Gasteiger partial charge in [-0.15, -0.1) is 0 Å². The molecule has 1 heterocycles. The zero-order valence-corrected chi connectivity index (χ0v) is 15.7. The standard InChI is InChI=1S/C22H23N3O2/c1-24(15-16-11-13-18(27-2)14-12-16)22(26)21-19-9-6-10-20(19)25(23-21)17-7-4-3-5-8-17/h3-5,7-8,11-14H,6,9-10,15H2,1-2H3. The molecule has 4 rings (SSSR count). The van der Waals surface area contributed by atoms with Crippen LogP contribution < -0.4 is 4.74 Å². The van der Waals surface area contributed by atoms with Crippen LogP contribution in [0.4, 0.5) is 0 Å². The van der Waals surface area contributed by atoms with Gasteiger partial charge in [0.1, 0.15) is 5.75 Å². The first-order chi connectivity index (χ1) is 13.2. The van der Waals surface area contributed by atoms with Gasteiger partial charge in [0, 0.05) is 24.8 Å². The van der Waals surface area contributed by atoms with Crippen molar-refractivity contribution < 1.29 is 9.53 Å². The van der Waals surface area contributed by atoms with Crippen LogP contribution in [0, 0.1) is 0 Å². The van der Waals surface area contributed by atoms with Gasteiger partial charge in [-0.05, 0) is 49.1 Å². The summed E-state index contributed by atoms with van der Waals surface area (Å²) < 4.78 is 7.13. The van der Waals surface area contributed by atoms with E-state index in [0.29, 0.717) is 12.2 Å². The summed E-state index contributed by atoms with van der Waals surface area (Å²) >= 11 is 0. The fourth-order valence-electron chi connectivity index (χ4n) is 3.65. The minimum atomic E-state index is -0.0290. The van der Waals surface area contributed by atoms with E-state index in [0.717, 1.165) is 41.8 Å². The van der Waals surface area contributed by atoms with Crippen molar-refractivity contribution in [3.05, 3.63) is 77.1 Å². The molecule has 5 nitrogen and oxygen atoms in total. The van der Waals surface area contributed by atoms with E-state index in [1.54, 1.807) is 12.0 Å². The highest BCUT2D eigenvalue weighted by Gasteiger charge is 2.28. The summed E-state index contributed by atoms with van der Waals surface area (Å²) in [6, 6.07) is 17.8. The third kappa shape index (κ3) is 3.33. The lowest BCUT2D eigenvalue weighted by Crippen LogP contribution is -2.27. The first-order valence-electron chi connectivity index (χ1n) is 9.22. The number of fused-ring (bicyclic) bond motifs is 1. The Hall–Kier alpha value is -3.08. The molecular formula is C22H23N3O2. The minimum Gasteiger partial charge on any atom is -0.497 e. The first-order valence-corrected chi connectivity index (χ1v) is 9.22. The molecule has 1 aliphatic carbocycles. The summed E-state index contributed by atoms with van der Waals surface area (Å²) in [5, 5.41) is 4.70. The Kier molecular flexibility index (Phi) is 4.67. The molecule has 2 aromatic carbocycles. The summed E-state index contributed by atoms with van der Waals surface area (Å²) in [7, 11) is 3.48. The highest BCUT2D eigenvalue weighted by molar-refractivity contribution is 5.94. The van der Waals surface area contributed by atoms with Crippen molar-refractivity contribution in [3.8, 4) is 11.4 Å². The van der Waals surface area contributed by atoms with E-state index in [2.05, 4.69) is 0 Å². The van der Waals surface area contributed by atoms with Gasteiger partial charge in [0.2, 0.25) is 0 Å². The Morgan fingerprint density at radius 1 is 1.11 bits per heavy atom. The van der Waals surface area contributed by atoms with Crippen molar-refractivity contribution in [1.82, 2.24) is 14.7 Å². The number of methoxy groups -OCH3 is 1. The molecule has 1 amide bonds. The van der Waals surface area contributed by atoms with Gasteiger partial charge < -0.3 is 9.64 Å². The van der Waals surface area contributed by atoms with Crippen LogP contribution in [0.15, 0.2) is 54.6 Å². The van der Waals surface area contributed by atoms with Crippen molar-refractivity contribution >= 4 is 5.91 Å². The van der Waals surface area contributed by atoms with Gasteiger partial charge in [0.15, 0.2) is 5.69 Å². The van der Waals surface area contributed by atoms with Crippen LogP contribution in [0.3, 0.4) is 0 Å². The summed E-state index contributed by atoms with van der Waals surface area (Å²) in [6.45, 7) is 0.537. The summed E-state index contributed by atoms with van der Waals surface area (Å²) in [5.74, 6) is 0.783. The van der Waals surface area contributed by atoms with Crippen LogP contribution in [-0.4, -0.2) is 34.7 Å². The van der Waals surface area contributed by atoms with E-state index >= 15 is 0 Å². The summed E-state index contributed by atoms with van der Waals surface area (Å²) in [6.07, 6.45) is 2.95. The molecule has 0 fully saturated rings. The zero-order valence-electron chi connectivity index (χ0n) is 15.7. The van der Waals surface area contributed by atoms with Crippen LogP contribution >= 0.6 is 0 Å². The maximum atomic E-state index is 13.1. The van der Waals surface area contributed by atoms with Crippen molar-refractivity contribution in [1.29, 1.82) is 0 Å². The smallest absolute Gasteiger partial charge is 0.274 e. The van der Waals surface area contributed by atoms with Gasteiger partial charge in [-0.3, -0.25) is 4.79 Å². The number of rotatable bonds is 5. The number of para-hydroxylation sites is 1. The minimum absolute atomic E-state index is 0.0290. The maximum absolute atomic E-state index is 13.1. The molecular weight excluding hydrogens is 338 g/mol. The largest absolute Gasteiger partial charge is 0.497 e. The molecule has 0 atom stereocenters. The molecule has 0 saturated heterocycles. The SMILES string of the molecule is COc1ccc(CN(C)C(=O)c2nn(-c3ccccc3)c3c2CCC3)cc1. The number of carbonyl (C=O) groups excluding carboxylic acids is 1. The van der Waals surface area contributed by atoms with Gasteiger partial charge in [-0.2, -0.15) is 5.10 Å². The van der Waals surface area contributed by atoms with Crippen molar-refractivity contribution in [3.63, 3.8) is 0 Å². The second kappa shape index (κ2) is 7.27. The molecule has 138 valence electrons. The molecule has 0 N–H and O–H groups in total. The number of aromatic nitrogens is 2. The first kappa shape index (κ1) is 17.3. The fraction of sp³-hybridized carbons (Fsp3) is 0.273. The van der Waals surface area contributed by atoms with Crippen molar-refractivity contribution in [2.45, 2.75) is 25.8 Å². The van der Waals surface area contributed by atoms with Gasteiger partial charge in [0.25, 0.3) is 5.91 Å². The number of hydrogen-bond acceptors (Lipinski definition) is 3. The monoisotopic (exact) mass is 361 g/mol. The zero-order chi connectivity index (χ0) is 18.8. The van der Waals surface area contributed by atoms with Crippen molar-refractivity contribution in [2.24, 2.45) is 0 Å². The normalized spacial score (nSPS) is 12.7. The quantitative estimate of drug-likeness (QED) is 0.697. The van der Waals surface area contributed by atoms with E-state index < -0.39 is 0 Å². The molecule has 0 unspecified atom stereocenters. The summed E-state index contributed by atoms with van der Waals surface area (Å²) in [5.41, 5.74) is 4.92. The van der Waals surface area contributed by atoms with Crippen LogP contribution in [0.5, 0.6) is 5.75 Å². The van der Waals surface area contributed by atoms with Gasteiger partial charge in [0.05, 0.1) is 12.8 Å². The van der Waals surface area contributed by atoms with Gasteiger partial charge >= 0.3 is 0 Å². The van der Waals surface area contributed by atoms with E-state index in [9.17, 15) is 4.79 Å². The Morgan fingerprint density at radius 3 is 2.56 bits per heavy atom. The fourth-order valence-corrected chi connectivity index (χ4v) is 3.65. The maximum Gasteiger partial charge on any atom is 0.274 e. The molecule has 0 spiro atoms. The molecule has 0 saturated carbocycles. The second-order valence-electron chi connectivity index (χ2n) is 6.88. The Bertz CT molecular complexity index is 946. The lowest BCUT2D eigenvalue weighted by Gasteiger charge is -2.17. The van der Waals surface area contributed by atoms with E-state index in [1.165, 1.54) is 5.69 Å². The lowest BCUT2D eigenvalue weighted by atomic mass is 10.1. The number of nitrogens with zero attached hydrogens (tertiary/aromatic N) is 3. The van der Waals surface area contributed by atoms with Crippen LogP contribution in [0.25, 0.3) is 5.69 Å². The Morgan fingerprint density at radius 2 is 1.85 bits per heavy atom. The molecule has 0 radical (unpaired) electrons. The number of carbonyl (C=O) groups is 1. The molecule has 5 heteroatoms. The topological polar surface area (TPSA) is 47.4 Å². The van der Waals surface area contributed by atoms with Gasteiger partial charge in [-0.25, -0.2) is 4.68 Å². The predicted octanol–water partition coefficient (Wildman–Crippen LogP) is 3.64. The van der Waals surface area contributed by atoms with E-state index in [4.69, 9.17) is 9.84 Å². The van der Waals surface area contributed by atoms with Crippen LogP contribution in [-0.2, 0) is 19.4 Å². The number of ether oxygens (including phenoxy) is 1. The molecule has 0 aliphatic heterocycles. The molecule has 1 aliphatic rings. The van der Waals surface area contributed by atoms with Crippen LogP contribution in [0.2, 0.25) is 0 Å². The average molecular weight is 361 g/mol. The summed E-state index contributed by atoms with van der Waals surface area (Å²) in [4.78, 5) is 14.8. The van der Waals surface area contributed by atoms with Gasteiger partial charge in [-0.1, -0.05) is 30.3 Å². The molecule has 3 aromatic rings. The predicted molar refractivity (Wildman–Crippen MR) is 104 cm³/mol. The third-order valence-electron chi connectivity index (χ3n) is 5.06. The number of hydrogen-bond donors (Lipinski definition) is 0.